The average molecular weight is 278 g/mol. The van der Waals surface area contributed by atoms with Crippen molar-refractivity contribution in [2.24, 2.45) is 0 Å². The summed E-state index contributed by atoms with van der Waals surface area (Å²) in [5.41, 5.74) is -0.311. The third kappa shape index (κ3) is 3.33. The van der Waals surface area contributed by atoms with E-state index in [4.69, 9.17) is 4.74 Å². The molecular weight excluding hydrogens is 264 g/mol. The summed E-state index contributed by atoms with van der Waals surface area (Å²) in [4.78, 5) is 23.9. The minimum Gasteiger partial charge on any atom is -0.507 e. The second kappa shape index (κ2) is 6.16. The standard InChI is InChI=1S/C13H14N2O5/c16-12-2-1-10(15(18)19)9-11(12)13(17)3-4-14-5-7-20-8-6-14/h1-4,9,16H,5-8H2. The summed E-state index contributed by atoms with van der Waals surface area (Å²) < 4.78 is 5.18. The molecule has 0 unspecified atom stereocenters. The zero-order valence-electron chi connectivity index (χ0n) is 10.7. The van der Waals surface area contributed by atoms with Crippen LogP contribution in [0.1, 0.15) is 10.4 Å². The largest absolute Gasteiger partial charge is 0.507 e. The van der Waals surface area contributed by atoms with Gasteiger partial charge < -0.3 is 14.7 Å². The minimum absolute atomic E-state index is 0.0799. The van der Waals surface area contributed by atoms with Gasteiger partial charge in [0.15, 0.2) is 5.78 Å². The summed E-state index contributed by atoms with van der Waals surface area (Å²) in [6.07, 6.45) is 2.91. The molecule has 0 radical (unpaired) electrons. The number of morpholine rings is 1. The van der Waals surface area contributed by atoms with E-state index in [1.54, 1.807) is 6.20 Å². The van der Waals surface area contributed by atoms with Gasteiger partial charge in [0.05, 0.1) is 23.7 Å². The van der Waals surface area contributed by atoms with Crippen LogP contribution in [0.15, 0.2) is 30.5 Å². The number of phenols is 1. The fraction of sp³-hybridized carbons (Fsp3) is 0.308. The number of nitrogens with zero attached hydrogens (tertiary/aromatic N) is 2. The Bertz CT molecular complexity index is 550. The summed E-state index contributed by atoms with van der Waals surface area (Å²) in [5, 5.41) is 20.3. The monoisotopic (exact) mass is 278 g/mol. The molecule has 1 N–H and O–H groups in total. The van der Waals surface area contributed by atoms with Crippen LogP contribution in [0.5, 0.6) is 5.75 Å². The summed E-state index contributed by atoms with van der Waals surface area (Å²) >= 11 is 0. The van der Waals surface area contributed by atoms with Crippen molar-refractivity contribution in [3.05, 3.63) is 46.2 Å². The minimum atomic E-state index is -0.609. The third-order valence-corrected chi connectivity index (χ3v) is 2.94. The van der Waals surface area contributed by atoms with Crippen LogP contribution in [-0.2, 0) is 4.74 Å². The van der Waals surface area contributed by atoms with Crippen LogP contribution in [-0.4, -0.2) is 47.0 Å². The van der Waals surface area contributed by atoms with Gasteiger partial charge in [-0.3, -0.25) is 14.9 Å². The van der Waals surface area contributed by atoms with E-state index in [1.165, 1.54) is 6.08 Å². The summed E-state index contributed by atoms with van der Waals surface area (Å²) in [6, 6.07) is 3.37. The van der Waals surface area contributed by atoms with Crippen LogP contribution in [0.2, 0.25) is 0 Å². The number of aromatic hydroxyl groups is 1. The van der Waals surface area contributed by atoms with Gasteiger partial charge in [-0.15, -0.1) is 0 Å². The maximum absolute atomic E-state index is 12.0. The number of carbonyl (C=O) groups is 1. The number of nitro groups is 1. The fourth-order valence-electron chi connectivity index (χ4n) is 1.82. The van der Waals surface area contributed by atoms with E-state index >= 15 is 0 Å². The molecule has 1 fully saturated rings. The molecule has 0 aliphatic carbocycles. The van der Waals surface area contributed by atoms with Gasteiger partial charge in [0.2, 0.25) is 0 Å². The zero-order valence-corrected chi connectivity index (χ0v) is 10.7. The highest BCUT2D eigenvalue weighted by molar-refractivity contribution is 6.06. The average Bonchev–Trinajstić information content (AvgIpc) is 2.46. The predicted molar refractivity (Wildman–Crippen MR) is 70.6 cm³/mol. The van der Waals surface area contributed by atoms with Crippen molar-refractivity contribution in [1.29, 1.82) is 0 Å². The molecule has 1 aliphatic rings. The number of ketones is 1. The van der Waals surface area contributed by atoms with Crippen molar-refractivity contribution in [2.75, 3.05) is 26.3 Å². The maximum Gasteiger partial charge on any atom is 0.270 e. The Kier molecular flexibility index (Phi) is 4.31. The van der Waals surface area contributed by atoms with Crippen LogP contribution < -0.4 is 0 Å². The second-order valence-electron chi connectivity index (χ2n) is 4.29. The zero-order chi connectivity index (χ0) is 14.5. The van der Waals surface area contributed by atoms with Crippen molar-refractivity contribution < 1.29 is 19.6 Å². The van der Waals surface area contributed by atoms with Crippen molar-refractivity contribution >= 4 is 11.5 Å². The predicted octanol–water partition coefficient (Wildman–Crippen LogP) is 1.33. The topological polar surface area (TPSA) is 92.9 Å². The van der Waals surface area contributed by atoms with Crippen LogP contribution in [0.4, 0.5) is 5.69 Å². The van der Waals surface area contributed by atoms with Gasteiger partial charge in [0.25, 0.3) is 5.69 Å². The molecule has 0 amide bonds. The Morgan fingerprint density at radius 1 is 1.40 bits per heavy atom. The highest BCUT2D eigenvalue weighted by atomic mass is 16.6. The number of hydrogen-bond donors (Lipinski definition) is 1. The lowest BCUT2D eigenvalue weighted by molar-refractivity contribution is -0.384. The highest BCUT2D eigenvalue weighted by Crippen LogP contribution is 2.23. The van der Waals surface area contributed by atoms with Crippen LogP contribution in [0, 0.1) is 10.1 Å². The number of nitro benzene ring substituents is 1. The first kappa shape index (κ1) is 14.0. The van der Waals surface area contributed by atoms with Crippen LogP contribution in [0.25, 0.3) is 0 Å². The van der Waals surface area contributed by atoms with Gasteiger partial charge in [0.1, 0.15) is 5.75 Å². The molecular formula is C13H14N2O5. The summed E-state index contributed by atoms with van der Waals surface area (Å²) in [5.74, 6) is -0.745. The molecule has 2 rings (SSSR count). The lowest BCUT2D eigenvalue weighted by Crippen LogP contribution is -2.32. The van der Waals surface area contributed by atoms with Crippen LogP contribution >= 0.6 is 0 Å². The van der Waals surface area contributed by atoms with Gasteiger partial charge in [-0.05, 0) is 6.07 Å². The van der Waals surface area contributed by atoms with Gasteiger partial charge in [0, 0.05) is 37.5 Å². The Labute approximate surface area is 115 Å². The number of hydrogen-bond acceptors (Lipinski definition) is 6. The maximum atomic E-state index is 12.0. The highest BCUT2D eigenvalue weighted by Gasteiger charge is 2.15. The normalized spacial score (nSPS) is 15.5. The van der Waals surface area contributed by atoms with Crippen LogP contribution in [0.3, 0.4) is 0 Å². The van der Waals surface area contributed by atoms with Gasteiger partial charge >= 0.3 is 0 Å². The molecule has 1 aliphatic heterocycles. The molecule has 7 heteroatoms. The number of benzene rings is 1. The van der Waals surface area contributed by atoms with Gasteiger partial charge in [-0.25, -0.2) is 0 Å². The van der Waals surface area contributed by atoms with Gasteiger partial charge in [-0.1, -0.05) is 0 Å². The quantitative estimate of drug-likeness (QED) is 0.386. The Morgan fingerprint density at radius 2 is 2.10 bits per heavy atom. The van der Waals surface area contributed by atoms with Crippen molar-refractivity contribution in [3.8, 4) is 5.75 Å². The number of carbonyl (C=O) groups excluding carboxylic acids is 1. The van der Waals surface area contributed by atoms with E-state index in [2.05, 4.69) is 0 Å². The summed E-state index contributed by atoms with van der Waals surface area (Å²) in [7, 11) is 0. The van der Waals surface area contributed by atoms with E-state index in [0.29, 0.717) is 26.3 Å². The Morgan fingerprint density at radius 3 is 2.75 bits per heavy atom. The van der Waals surface area contributed by atoms with E-state index in [0.717, 1.165) is 18.2 Å². The summed E-state index contributed by atoms with van der Waals surface area (Å²) in [6.45, 7) is 2.57. The molecule has 7 nitrogen and oxygen atoms in total. The van der Waals surface area contributed by atoms with E-state index in [-0.39, 0.29) is 17.0 Å². The third-order valence-electron chi connectivity index (χ3n) is 2.94. The molecule has 0 saturated carbocycles. The van der Waals surface area contributed by atoms with E-state index in [1.807, 2.05) is 4.90 Å². The van der Waals surface area contributed by atoms with E-state index < -0.39 is 10.7 Å². The fourth-order valence-corrected chi connectivity index (χ4v) is 1.82. The lowest BCUT2D eigenvalue weighted by Gasteiger charge is -2.24. The molecule has 0 aromatic heterocycles. The first-order chi connectivity index (χ1) is 9.58. The lowest BCUT2D eigenvalue weighted by atomic mass is 10.1. The van der Waals surface area contributed by atoms with Crippen molar-refractivity contribution in [2.45, 2.75) is 0 Å². The molecule has 0 bridgehead atoms. The molecule has 1 aromatic carbocycles. The number of phenolic OH excluding ortho intramolecular Hbond substituents is 1. The molecule has 0 atom stereocenters. The Balaban J connectivity index is 2.13. The number of non-ortho nitro benzene ring substituents is 1. The number of ether oxygens (including phenoxy) is 1. The molecule has 0 spiro atoms. The molecule has 1 heterocycles. The van der Waals surface area contributed by atoms with Crippen molar-refractivity contribution in [3.63, 3.8) is 0 Å². The molecule has 1 aromatic rings. The molecule has 20 heavy (non-hydrogen) atoms. The first-order valence-corrected chi connectivity index (χ1v) is 6.09. The number of rotatable bonds is 4. The van der Waals surface area contributed by atoms with Gasteiger partial charge in [-0.2, -0.15) is 0 Å². The van der Waals surface area contributed by atoms with Crippen molar-refractivity contribution in [1.82, 2.24) is 4.90 Å². The van der Waals surface area contributed by atoms with E-state index in [9.17, 15) is 20.0 Å². The Hall–Kier alpha value is -2.41. The molecule has 1 saturated heterocycles. The smallest absolute Gasteiger partial charge is 0.270 e. The number of allylic oxidation sites excluding steroid dienone is 1. The SMILES string of the molecule is O=C(C=CN1CCOCC1)c1cc([N+](=O)[O-])ccc1O. The molecule has 106 valence electrons. The first-order valence-electron chi connectivity index (χ1n) is 6.09. The second-order valence-corrected chi connectivity index (χ2v) is 4.29.